The number of hydrogen-bond donors (Lipinski definition) is 0. The first-order chi connectivity index (χ1) is 16.9. The molecule has 1 aromatic heterocycles. The topological polar surface area (TPSA) is 27.1 Å². The van der Waals surface area contributed by atoms with Crippen LogP contribution in [0.25, 0.3) is 11.0 Å². The molecule has 3 heteroatoms. The smallest absolute Gasteiger partial charge is 0.122 e. The van der Waals surface area contributed by atoms with Crippen molar-refractivity contribution in [1.82, 2.24) is 9.55 Å². The summed E-state index contributed by atoms with van der Waals surface area (Å²) in [5.41, 5.74) is 6.31. The van der Waals surface area contributed by atoms with E-state index < -0.39 is 0 Å². The predicted octanol–water partition coefficient (Wildman–Crippen LogP) is 8.37. The number of hydrogen-bond acceptors (Lipinski definition) is 2. The van der Waals surface area contributed by atoms with E-state index in [1.54, 1.807) is 0 Å². The van der Waals surface area contributed by atoms with E-state index in [2.05, 4.69) is 112 Å². The highest BCUT2D eigenvalue weighted by molar-refractivity contribution is 5.76. The zero-order chi connectivity index (χ0) is 24.8. The summed E-state index contributed by atoms with van der Waals surface area (Å²) in [5, 5.41) is 0. The lowest BCUT2D eigenvalue weighted by Crippen LogP contribution is -2.10. The van der Waals surface area contributed by atoms with E-state index in [9.17, 15) is 0 Å². The second-order valence-corrected chi connectivity index (χ2v) is 10.4. The Bertz CT molecular complexity index is 1220. The molecular formula is C32H40N2O. The number of para-hydroxylation sites is 3. The van der Waals surface area contributed by atoms with E-state index >= 15 is 0 Å². The standard InChI is InChI=1S/C32H40N2O/c1-23(2)22-26-16-18-27(19-17-26)25(5)32-33-29-13-7-8-14-30(29)34(32)20-10-11-21-35-31-15-9-6-12-28(31)24(3)4/h6-9,12-19,23-25H,10-11,20-22H2,1-5H3. The molecule has 0 saturated carbocycles. The first-order valence-corrected chi connectivity index (χ1v) is 13.2. The van der Waals surface area contributed by atoms with Gasteiger partial charge in [-0.1, -0.05) is 89.2 Å². The Morgan fingerprint density at radius 1 is 0.800 bits per heavy atom. The number of imidazole rings is 1. The van der Waals surface area contributed by atoms with Crippen LogP contribution in [0.15, 0.2) is 72.8 Å². The van der Waals surface area contributed by atoms with E-state index in [1.807, 2.05) is 0 Å². The molecular weight excluding hydrogens is 428 g/mol. The summed E-state index contributed by atoms with van der Waals surface area (Å²) in [6, 6.07) is 26.0. The summed E-state index contributed by atoms with van der Waals surface area (Å²) in [6.07, 6.45) is 3.19. The summed E-state index contributed by atoms with van der Waals surface area (Å²) in [5.74, 6) is 3.54. The van der Waals surface area contributed by atoms with Crippen LogP contribution in [0.4, 0.5) is 0 Å². The van der Waals surface area contributed by atoms with Gasteiger partial charge < -0.3 is 9.30 Å². The fourth-order valence-corrected chi connectivity index (χ4v) is 4.87. The molecule has 0 amide bonds. The third-order valence-corrected chi connectivity index (χ3v) is 6.77. The van der Waals surface area contributed by atoms with Gasteiger partial charge in [-0.05, 0) is 66.0 Å². The number of ether oxygens (including phenoxy) is 1. The molecule has 4 aromatic rings. The number of aromatic nitrogens is 2. The van der Waals surface area contributed by atoms with Crippen LogP contribution >= 0.6 is 0 Å². The molecule has 0 aliphatic heterocycles. The lowest BCUT2D eigenvalue weighted by atomic mass is 9.96. The van der Waals surface area contributed by atoms with Crippen LogP contribution < -0.4 is 4.74 Å². The quantitative estimate of drug-likeness (QED) is 0.207. The summed E-state index contributed by atoms with van der Waals surface area (Å²) < 4.78 is 8.59. The van der Waals surface area contributed by atoms with Crippen LogP contribution in [0, 0.1) is 5.92 Å². The Morgan fingerprint density at radius 2 is 1.51 bits per heavy atom. The fraction of sp³-hybridized carbons (Fsp3) is 0.406. The van der Waals surface area contributed by atoms with Crippen molar-refractivity contribution in [2.75, 3.05) is 6.61 Å². The Kier molecular flexibility index (Phi) is 8.28. The molecule has 0 N–H and O–H groups in total. The van der Waals surface area contributed by atoms with Crippen LogP contribution in [0.1, 0.15) is 81.8 Å². The van der Waals surface area contributed by atoms with Gasteiger partial charge in [-0.15, -0.1) is 0 Å². The van der Waals surface area contributed by atoms with Crippen molar-refractivity contribution in [3.05, 3.63) is 95.3 Å². The number of benzene rings is 3. The minimum absolute atomic E-state index is 0.240. The molecule has 35 heavy (non-hydrogen) atoms. The van der Waals surface area contributed by atoms with Gasteiger partial charge in [0.25, 0.3) is 0 Å². The zero-order valence-corrected chi connectivity index (χ0v) is 22.0. The highest BCUT2D eigenvalue weighted by Crippen LogP contribution is 2.29. The highest BCUT2D eigenvalue weighted by Gasteiger charge is 2.18. The van der Waals surface area contributed by atoms with Crippen LogP contribution in [0.5, 0.6) is 5.75 Å². The molecule has 184 valence electrons. The van der Waals surface area contributed by atoms with E-state index in [0.717, 1.165) is 49.5 Å². The van der Waals surface area contributed by atoms with Crippen molar-refractivity contribution in [3.63, 3.8) is 0 Å². The van der Waals surface area contributed by atoms with Gasteiger partial charge in [0.05, 0.1) is 17.6 Å². The molecule has 1 atom stereocenters. The number of unbranched alkanes of at least 4 members (excludes halogenated alkanes) is 1. The van der Waals surface area contributed by atoms with Crippen molar-refractivity contribution in [2.24, 2.45) is 5.92 Å². The maximum Gasteiger partial charge on any atom is 0.122 e. The molecule has 3 aromatic carbocycles. The van der Waals surface area contributed by atoms with Crippen molar-refractivity contribution in [3.8, 4) is 5.75 Å². The molecule has 0 aliphatic rings. The third kappa shape index (κ3) is 6.14. The van der Waals surface area contributed by atoms with Crippen molar-refractivity contribution < 1.29 is 4.74 Å². The second-order valence-electron chi connectivity index (χ2n) is 10.4. The largest absolute Gasteiger partial charge is 0.493 e. The monoisotopic (exact) mass is 468 g/mol. The summed E-state index contributed by atoms with van der Waals surface area (Å²) in [7, 11) is 0. The average Bonchev–Trinajstić information content (AvgIpc) is 3.22. The SMILES string of the molecule is CC(C)Cc1ccc(C(C)c2nc3ccccc3n2CCCCOc2ccccc2C(C)C)cc1. The van der Waals surface area contributed by atoms with Crippen molar-refractivity contribution in [1.29, 1.82) is 0 Å². The lowest BCUT2D eigenvalue weighted by molar-refractivity contribution is 0.299. The second kappa shape index (κ2) is 11.6. The highest BCUT2D eigenvalue weighted by atomic mass is 16.5. The zero-order valence-electron chi connectivity index (χ0n) is 22.0. The first kappa shape index (κ1) is 25.0. The van der Waals surface area contributed by atoms with Gasteiger partial charge in [-0.3, -0.25) is 0 Å². The molecule has 0 radical (unpaired) electrons. The van der Waals surface area contributed by atoms with Crippen LogP contribution in [-0.2, 0) is 13.0 Å². The number of fused-ring (bicyclic) bond motifs is 1. The molecule has 4 rings (SSSR count). The normalized spacial score (nSPS) is 12.5. The number of aryl methyl sites for hydroxylation is 1. The molecule has 3 nitrogen and oxygen atoms in total. The summed E-state index contributed by atoms with van der Waals surface area (Å²) in [4.78, 5) is 5.07. The predicted molar refractivity (Wildman–Crippen MR) is 147 cm³/mol. The van der Waals surface area contributed by atoms with Crippen LogP contribution in [0.3, 0.4) is 0 Å². The van der Waals surface area contributed by atoms with Crippen molar-refractivity contribution in [2.45, 2.75) is 72.3 Å². The minimum atomic E-state index is 0.240. The molecule has 1 heterocycles. The Morgan fingerprint density at radius 3 is 2.26 bits per heavy atom. The Hall–Kier alpha value is -3.07. The van der Waals surface area contributed by atoms with Gasteiger partial charge in [-0.2, -0.15) is 0 Å². The van der Waals surface area contributed by atoms with Gasteiger partial charge in [0.1, 0.15) is 11.6 Å². The Labute approximate surface area is 211 Å². The Balaban J connectivity index is 1.45. The molecule has 0 saturated heterocycles. The first-order valence-electron chi connectivity index (χ1n) is 13.2. The molecule has 1 unspecified atom stereocenters. The molecule has 0 bridgehead atoms. The number of nitrogens with zero attached hydrogens (tertiary/aromatic N) is 2. The van der Waals surface area contributed by atoms with E-state index in [0.29, 0.717) is 11.8 Å². The maximum absolute atomic E-state index is 6.17. The van der Waals surface area contributed by atoms with Gasteiger partial charge in [0.2, 0.25) is 0 Å². The fourth-order valence-electron chi connectivity index (χ4n) is 4.87. The number of rotatable bonds is 11. The van der Waals surface area contributed by atoms with E-state index in [4.69, 9.17) is 9.72 Å². The van der Waals surface area contributed by atoms with E-state index in [1.165, 1.54) is 22.2 Å². The van der Waals surface area contributed by atoms with Gasteiger partial charge in [0.15, 0.2) is 0 Å². The lowest BCUT2D eigenvalue weighted by Gasteiger charge is -2.17. The van der Waals surface area contributed by atoms with Crippen LogP contribution in [0.2, 0.25) is 0 Å². The molecule has 0 aliphatic carbocycles. The maximum atomic E-state index is 6.17. The van der Waals surface area contributed by atoms with Gasteiger partial charge in [0, 0.05) is 12.5 Å². The van der Waals surface area contributed by atoms with Gasteiger partial charge in [-0.25, -0.2) is 4.98 Å². The third-order valence-electron chi connectivity index (χ3n) is 6.77. The molecule has 0 spiro atoms. The molecule has 0 fully saturated rings. The summed E-state index contributed by atoms with van der Waals surface area (Å²) >= 11 is 0. The van der Waals surface area contributed by atoms with E-state index in [-0.39, 0.29) is 5.92 Å². The van der Waals surface area contributed by atoms with Gasteiger partial charge >= 0.3 is 0 Å². The average molecular weight is 469 g/mol. The van der Waals surface area contributed by atoms with Crippen LogP contribution in [-0.4, -0.2) is 16.2 Å². The van der Waals surface area contributed by atoms with Crippen molar-refractivity contribution >= 4 is 11.0 Å². The summed E-state index contributed by atoms with van der Waals surface area (Å²) in [6.45, 7) is 12.9. The minimum Gasteiger partial charge on any atom is -0.493 e.